The van der Waals surface area contributed by atoms with Crippen LogP contribution in [0.25, 0.3) is 10.8 Å². The highest BCUT2D eigenvalue weighted by molar-refractivity contribution is 9.10. The lowest BCUT2D eigenvalue weighted by atomic mass is 10.0. The lowest BCUT2D eigenvalue weighted by Crippen LogP contribution is -2.42. The number of fused-ring (bicyclic) bond motifs is 1. The van der Waals surface area contributed by atoms with Gasteiger partial charge in [0.2, 0.25) is 5.91 Å². The number of carbonyl (C=O) groups excluding carboxylic acids is 2. The predicted octanol–water partition coefficient (Wildman–Crippen LogP) is 4.38. The van der Waals surface area contributed by atoms with E-state index < -0.39 is 0 Å². The summed E-state index contributed by atoms with van der Waals surface area (Å²) in [6.45, 7) is 0. The van der Waals surface area contributed by atoms with Gasteiger partial charge in [-0.3, -0.25) is 20.4 Å². The number of rotatable bonds is 4. The van der Waals surface area contributed by atoms with Crippen LogP contribution in [0.4, 0.5) is 0 Å². The van der Waals surface area contributed by atoms with Crippen molar-refractivity contribution in [2.24, 2.45) is 0 Å². The lowest BCUT2D eigenvalue weighted by Gasteiger charge is -2.13. The molecule has 5 nitrogen and oxygen atoms in total. The summed E-state index contributed by atoms with van der Waals surface area (Å²) >= 11 is 6.77. The molecule has 0 aromatic heterocycles. The van der Waals surface area contributed by atoms with E-state index in [0.717, 1.165) is 25.3 Å². The van der Waals surface area contributed by atoms with Crippen LogP contribution in [0.15, 0.2) is 63.5 Å². The van der Waals surface area contributed by atoms with Gasteiger partial charge in [0.05, 0.1) is 13.5 Å². The smallest absolute Gasteiger partial charge is 0.269 e. The minimum absolute atomic E-state index is 0.0722. The number of ether oxygens (including phenoxy) is 1. The fourth-order valence-electron chi connectivity index (χ4n) is 2.72. The molecule has 0 fully saturated rings. The molecule has 0 radical (unpaired) electrons. The van der Waals surface area contributed by atoms with E-state index in [1.807, 2.05) is 30.3 Å². The van der Waals surface area contributed by atoms with E-state index in [4.69, 9.17) is 4.74 Å². The zero-order chi connectivity index (χ0) is 19.4. The molecule has 0 bridgehead atoms. The number of amides is 2. The van der Waals surface area contributed by atoms with Crippen molar-refractivity contribution in [2.75, 3.05) is 7.11 Å². The Morgan fingerprint density at radius 2 is 1.63 bits per heavy atom. The molecule has 3 rings (SSSR count). The largest absolute Gasteiger partial charge is 0.496 e. The Bertz CT molecular complexity index is 1000. The second kappa shape index (κ2) is 8.54. The van der Waals surface area contributed by atoms with Crippen molar-refractivity contribution in [1.29, 1.82) is 0 Å². The number of halogens is 2. The zero-order valence-electron chi connectivity index (χ0n) is 14.4. The van der Waals surface area contributed by atoms with Gasteiger partial charge >= 0.3 is 0 Å². The fourth-order valence-corrected chi connectivity index (χ4v) is 3.37. The van der Waals surface area contributed by atoms with Crippen LogP contribution in [-0.2, 0) is 11.2 Å². The average molecular weight is 492 g/mol. The molecule has 0 atom stereocenters. The number of hydrazine groups is 1. The highest BCUT2D eigenvalue weighted by Gasteiger charge is 2.14. The quantitative estimate of drug-likeness (QED) is 0.532. The number of nitrogens with one attached hydrogen (secondary N) is 2. The standard InChI is InChI=1S/C20H16Br2N2O3/c1-27-18-9-4-13-10-15(22)7-8-16(13)17(18)11-19(25)23-24-20(26)12-2-5-14(21)6-3-12/h2-10H,11H2,1H3,(H,23,25)(H,24,26). The van der Waals surface area contributed by atoms with Crippen LogP contribution in [0.1, 0.15) is 15.9 Å². The second-order valence-electron chi connectivity index (χ2n) is 5.80. The Hall–Kier alpha value is -2.38. The molecule has 27 heavy (non-hydrogen) atoms. The first-order valence-corrected chi connectivity index (χ1v) is 9.66. The van der Waals surface area contributed by atoms with E-state index in [2.05, 4.69) is 42.7 Å². The van der Waals surface area contributed by atoms with Crippen molar-refractivity contribution >= 4 is 54.4 Å². The van der Waals surface area contributed by atoms with Crippen LogP contribution in [0.2, 0.25) is 0 Å². The Morgan fingerprint density at radius 1 is 0.926 bits per heavy atom. The van der Waals surface area contributed by atoms with Gasteiger partial charge in [-0.1, -0.05) is 44.0 Å². The molecule has 0 heterocycles. The van der Waals surface area contributed by atoms with Crippen molar-refractivity contribution in [2.45, 2.75) is 6.42 Å². The Labute approximate surface area is 173 Å². The Balaban J connectivity index is 1.73. The second-order valence-corrected chi connectivity index (χ2v) is 7.63. The van der Waals surface area contributed by atoms with Gasteiger partial charge in [0.1, 0.15) is 5.75 Å². The summed E-state index contributed by atoms with van der Waals surface area (Å²) < 4.78 is 7.24. The molecule has 0 aliphatic rings. The monoisotopic (exact) mass is 490 g/mol. The summed E-state index contributed by atoms with van der Waals surface area (Å²) in [4.78, 5) is 24.5. The van der Waals surface area contributed by atoms with Crippen LogP contribution in [-0.4, -0.2) is 18.9 Å². The van der Waals surface area contributed by atoms with Gasteiger partial charge in [0.15, 0.2) is 0 Å². The van der Waals surface area contributed by atoms with Crippen LogP contribution >= 0.6 is 31.9 Å². The number of hydrogen-bond acceptors (Lipinski definition) is 3. The van der Waals surface area contributed by atoms with Gasteiger partial charge in [-0.25, -0.2) is 0 Å². The number of methoxy groups -OCH3 is 1. The van der Waals surface area contributed by atoms with E-state index in [0.29, 0.717) is 11.3 Å². The van der Waals surface area contributed by atoms with Gasteiger partial charge in [0, 0.05) is 20.1 Å². The summed E-state index contributed by atoms with van der Waals surface area (Å²) in [7, 11) is 1.57. The van der Waals surface area contributed by atoms with E-state index in [1.54, 1.807) is 31.4 Å². The van der Waals surface area contributed by atoms with Crippen molar-refractivity contribution in [3.05, 3.63) is 74.7 Å². The number of carbonyl (C=O) groups is 2. The first kappa shape index (κ1) is 19.4. The summed E-state index contributed by atoms with van der Waals surface area (Å²) in [5.41, 5.74) is 6.10. The molecule has 3 aromatic carbocycles. The van der Waals surface area contributed by atoms with Crippen molar-refractivity contribution < 1.29 is 14.3 Å². The number of benzene rings is 3. The molecular weight excluding hydrogens is 476 g/mol. The predicted molar refractivity (Wildman–Crippen MR) is 112 cm³/mol. The maximum absolute atomic E-state index is 12.4. The first-order valence-electron chi connectivity index (χ1n) is 8.08. The third-order valence-corrected chi connectivity index (χ3v) is 5.05. The molecule has 0 unspecified atom stereocenters. The molecule has 0 saturated carbocycles. The first-order chi connectivity index (χ1) is 13.0. The summed E-state index contributed by atoms with van der Waals surface area (Å²) in [5.74, 6) is -0.0990. The molecule has 2 N–H and O–H groups in total. The molecule has 2 amide bonds. The Kier molecular flexibility index (Phi) is 6.13. The minimum atomic E-state index is -0.385. The summed E-state index contributed by atoms with van der Waals surface area (Å²) in [6, 6.07) is 16.4. The molecular formula is C20H16Br2N2O3. The Morgan fingerprint density at radius 3 is 2.33 bits per heavy atom. The maximum Gasteiger partial charge on any atom is 0.269 e. The fraction of sp³-hybridized carbons (Fsp3) is 0.100. The average Bonchev–Trinajstić information content (AvgIpc) is 2.66. The van der Waals surface area contributed by atoms with E-state index in [-0.39, 0.29) is 18.2 Å². The molecule has 0 aliphatic carbocycles. The molecule has 0 saturated heterocycles. The molecule has 0 aliphatic heterocycles. The van der Waals surface area contributed by atoms with E-state index >= 15 is 0 Å². The van der Waals surface area contributed by atoms with Crippen molar-refractivity contribution in [3.63, 3.8) is 0 Å². The number of hydrogen-bond donors (Lipinski definition) is 2. The third kappa shape index (κ3) is 4.67. The van der Waals surface area contributed by atoms with Crippen LogP contribution in [0.3, 0.4) is 0 Å². The summed E-state index contributed by atoms with van der Waals surface area (Å²) in [6.07, 6.45) is 0.0722. The maximum atomic E-state index is 12.4. The van der Waals surface area contributed by atoms with Gasteiger partial charge in [0.25, 0.3) is 5.91 Å². The topological polar surface area (TPSA) is 67.4 Å². The third-order valence-electron chi connectivity index (χ3n) is 4.03. The molecule has 138 valence electrons. The lowest BCUT2D eigenvalue weighted by molar-refractivity contribution is -0.121. The van der Waals surface area contributed by atoms with Gasteiger partial charge < -0.3 is 4.74 Å². The summed E-state index contributed by atoms with van der Waals surface area (Å²) in [5, 5.41) is 1.92. The van der Waals surface area contributed by atoms with E-state index in [9.17, 15) is 9.59 Å². The van der Waals surface area contributed by atoms with Crippen LogP contribution < -0.4 is 15.6 Å². The molecule has 0 spiro atoms. The van der Waals surface area contributed by atoms with E-state index in [1.165, 1.54) is 0 Å². The minimum Gasteiger partial charge on any atom is -0.496 e. The highest BCUT2D eigenvalue weighted by atomic mass is 79.9. The highest BCUT2D eigenvalue weighted by Crippen LogP contribution is 2.30. The zero-order valence-corrected chi connectivity index (χ0v) is 17.6. The van der Waals surface area contributed by atoms with Crippen LogP contribution in [0, 0.1) is 0 Å². The normalized spacial score (nSPS) is 10.5. The molecule has 7 heteroatoms. The van der Waals surface area contributed by atoms with Gasteiger partial charge in [-0.2, -0.15) is 0 Å². The van der Waals surface area contributed by atoms with Crippen LogP contribution in [0.5, 0.6) is 5.75 Å². The van der Waals surface area contributed by atoms with Gasteiger partial charge in [-0.05, 0) is 53.2 Å². The van der Waals surface area contributed by atoms with Gasteiger partial charge in [-0.15, -0.1) is 0 Å². The molecule has 3 aromatic rings. The van der Waals surface area contributed by atoms with Crippen molar-refractivity contribution in [3.8, 4) is 5.75 Å². The van der Waals surface area contributed by atoms with Crippen molar-refractivity contribution in [1.82, 2.24) is 10.9 Å². The SMILES string of the molecule is COc1ccc2cc(Br)ccc2c1CC(=O)NNC(=O)c1ccc(Br)cc1.